The van der Waals surface area contributed by atoms with E-state index < -0.39 is 0 Å². The molecule has 0 amide bonds. The second-order valence-electron chi connectivity index (χ2n) is 5.76. The van der Waals surface area contributed by atoms with Crippen molar-refractivity contribution < 1.29 is 18.9 Å². The van der Waals surface area contributed by atoms with Gasteiger partial charge in [0.15, 0.2) is 0 Å². The van der Waals surface area contributed by atoms with E-state index in [0.717, 1.165) is 40.5 Å². The summed E-state index contributed by atoms with van der Waals surface area (Å²) in [4.78, 5) is 0. The molecule has 0 heterocycles. The summed E-state index contributed by atoms with van der Waals surface area (Å²) in [7, 11) is 3.34. The van der Waals surface area contributed by atoms with Crippen molar-refractivity contribution in [2.75, 3.05) is 21.0 Å². The first-order chi connectivity index (χ1) is 12.6. The standard InChI is InChI=1S/C20H26O4.C2H6/c1-6-15-10-11-16(12-19(15)22-5)23-13-24-18-9-7-8-17(21-4)20(18)14(2)3;1-2/h7-12,14H,6,13H2,1-5H3;1-2H3. The molecule has 0 atom stereocenters. The number of aryl methyl sites for hydroxylation is 1. The molecular weight excluding hydrogens is 328 g/mol. The minimum Gasteiger partial charge on any atom is -0.496 e. The summed E-state index contributed by atoms with van der Waals surface area (Å²) < 4.78 is 22.4. The predicted molar refractivity (Wildman–Crippen MR) is 107 cm³/mol. The lowest BCUT2D eigenvalue weighted by atomic mass is 10.0. The van der Waals surface area contributed by atoms with E-state index in [0.29, 0.717) is 5.92 Å². The second kappa shape index (κ2) is 11.3. The van der Waals surface area contributed by atoms with Crippen LogP contribution in [0.15, 0.2) is 36.4 Å². The fourth-order valence-electron chi connectivity index (χ4n) is 2.66. The molecule has 144 valence electrons. The zero-order valence-corrected chi connectivity index (χ0v) is 17.1. The van der Waals surface area contributed by atoms with Gasteiger partial charge in [0, 0.05) is 11.6 Å². The molecule has 0 unspecified atom stereocenters. The minimum atomic E-state index is 0.127. The maximum atomic E-state index is 5.83. The smallest absolute Gasteiger partial charge is 0.230 e. The van der Waals surface area contributed by atoms with Crippen LogP contribution in [0.1, 0.15) is 51.7 Å². The fraction of sp³-hybridized carbons (Fsp3) is 0.455. The molecule has 0 saturated heterocycles. The molecule has 2 aromatic rings. The molecule has 0 spiro atoms. The van der Waals surface area contributed by atoms with Crippen molar-refractivity contribution in [3.05, 3.63) is 47.5 Å². The minimum absolute atomic E-state index is 0.127. The van der Waals surface area contributed by atoms with Gasteiger partial charge in [0.2, 0.25) is 6.79 Å². The number of hydrogen-bond donors (Lipinski definition) is 0. The molecule has 0 fully saturated rings. The van der Waals surface area contributed by atoms with Gasteiger partial charge in [-0.1, -0.05) is 46.8 Å². The highest BCUT2D eigenvalue weighted by molar-refractivity contribution is 5.46. The first kappa shape index (κ1) is 21.7. The van der Waals surface area contributed by atoms with Gasteiger partial charge in [0.25, 0.3) is 0 Å². The summed E-state index contributed by atoms with van der Waals surface area (Å²) in [5.41, 5.74) is 2.20. The van der Waals surface area contributed by atoms with Gasteiger partial charge in [0.05, 0.1) is 14.2 Å². The van der Waals surface area contributed by atoms with Crippen molar-refractivity contribution in [3.8, 4) is 23.0 Å². The Hall–Kier alpha value is -2.36. The molecule has 0 aliphatic heterocycles. The van der Waals surface area contributed by atoms with E-state index in [1.165, 1.54) is 0 Å². The van der Waals surface area contributed by atoms with E-state index >= 15 is 0 Å². The molecule has 2 aromatic carbocycles. The third kappa shape index (κ3) is 5.58. The number of rotatable bonds is 8. The van der Waals surface area contributed by atoms with Crippen molar-refractivity contribution in [1.29, 1.82) is 0 Å². The Morgan fingerprint density at radius 2 is 1.50 bits per heavy atom. The van der Waals surface area contributed by atoms with Crippen LogP contribution in [0.2, 0.25) is 0 Å². The summed E-state index contributed by atoms with van der Waals surface area (Å²) in [5.74, 6) is 3.45. The average molecular weight is 360 g/mol. The number of benzene rings is 2. The van der Waals surface area contributed by atoms with Crippen LogP contribution >= 0.6 is 0 Å². The first-order valence-corrected chi connectivity index (χ1v) is 9.20. The summed E-state index contributed by atoms with van der Waals surface area (Å²) in [6, 6.07) is 11.6. The molecule has 0 saturated carbocycles. The van der Waals surface area contributed by atoms with E-state index in [2.05, 4.69) is 20.8 Å². The zero-order chi connectivity index (χ0) is 19.5. The zero-order valence-electron chi connectivity index (χ0n) is 17.1. The third-order valence-electron chi connectivity index (χ3n) is 3.90. The van der Waals surface area contributed by atoms with Crippen LogP contribution < -0.4 is 18.9 Å². The molecule has 4 nitrogen and oxygen atoms in total. The average Bonchev–Trinajstić information content (AvgIpc) is 2.68. The van der Waals surface area contributed by atoms with E-state index in [-0.39, 0.29) is 6.79 Å². The molecule has 0 N–H and O–H groups in total. The second-order valence-corrected chi connectivity index (χ2v) is 5.76. The van der Waals surface area contributed by atoms with Gasteiger partial charge in [-0.05, 0) is 36.1 Å². The van der Waals surface area contributed by atoms with Gasteiger partial charge in [0.1, 0.15) is 23.0 Å². The van der Waals surface area contributed by atoms with Gasteiger partial charge >= 0.3 is 0 Å². The van der Waals surface area contributed by atoms with Crippen LogP contribution in [-0.4, -0.2) is 21.0 Å². The van der Waals surface area contributed by atoms with Crippen molar-refractivity contribution in [3.63, 3.8) is 0 Å². The van der Waals surface area contributed by atoms with Crippen LogP contribution in [0.25, 0.3) is 0 Å². The summed E-state index contributed by atoms with van der Waals surface area (Å²) >= 11 is 0. The monoisotopic (exact) mass is 360 g/mol. The van der Waals surface area contributed by atoms with Gasteiger partial charge in [-0.15, -0.1) is 0 Å². The quantitative estimate of drug-likeness (QED) is 0.555. The summed E-state index contributed by atoms with van der Waals surface area (Å²) in [6.45, 7) is 10.4. The number of hydrogen-bond acceptors (Lipinski definition) is 4. The van der Waals surface area contributed by atoms with Gasteiger partial charge in [-0.25, -0.2) is 0 Å². The van der Waals surface area contributed by atoms with Crippen LogP contribution in [0, 0.1) is 0 Å². The lowest BCUT2D eigenvalue weighted by Crippen LogP contribution is -2.08. The van der Waals surface area contributed by atoms with Gasteiger partial charge in [-0.3, -0.25) is 0 Å². The van der Waals surface area contributed by atoms with E-state index in [1.807, 2.05) is 50.2 Å². The Kier molecular flexibility index (Phi) is 9.42. The molecule has 0 aliphatic rings. The summed E-state index contributed by atoms with van der Waals surface area (Å²) in [6.07, 6.45) is 0.918. The van der Waals surface area contributed by atoms with Crippen LogP contribution in [0.5, 0.6) is 23.0 Å². The normalized spacial score (nSPS) is 10.0. The lowest BCUT2D eigenvalue weighted by Gasteiger charge is -2.17. The topological polar surface area (TPSA) is 36.9 Å². The lowest BCUT2D eigenvalue weighted by molar-refractivity contribution is 0.118. The molecule has 0 bridgehead atoms. The highest BCUT2D eigenvalue weighted by Gasteiger charge is 2.14. The molecule has 0 radical (unpaired) electrons. The Morgan fingerprint density at radius 1 is 0.846 bits per heavy atom. The van der Waals surface area contributed by atoms with Crippen LogP contribution in [-0.2, 0) is 6.42 Å². The highest BCUT2D eigenvalue weighted by atomic mass is 16.7. The van der Waals surface area contributed by atoms with Crippen molar-refractivity contribution >= 4 is 0 Å². The Labute approximate surface area is 158 Å². The van der Waals surface area contributed by atoms with Crippen LogP contribution in [0.4, 0.5) is 0 Å². The van der Waals surface area contributed by atoms with E-state index in [9.17, 15) is 0 Å². The van der Waals surface area contributed by atoms with Crippen molar-refractivity contribution in [1.82, 2.24) is 0 Å². The third-order valence-corrected chi connectivity index (χ3v) is 3.90. The van der Waals surface area contributed by atoms with Crippen LogP contribution in [0.3, 0.4) is 0 Å². The van der Waals surface area contributed by atoms with Gasteiger partial charge in [-0.2, -0.15) is 0 Å². The van der Waals surface area contributed by atoms with Crippen molar-refractivity contribution in [2.45, 2.75) is 47.0 Å². The fourth-order valence-corrected chi connectivity index (χ4v) is 2.66. The van der Waals surface area contributed by atoms with E-state index in [1.54, 1.807) is 14.2 Å². The SMILES string of the molecule is CC.CCc1ccc(OCOc2cccc(OC)c2C(C)C)cc1OC. The predicted octanol–water partition coefficient (Wildman–Crippen LogP) is 5.83. The Balaban J connectivity index is 0.00000163. The van der Waals surface area contributed by atoms with Gasteiger partial charge < -0.3 is 18.9 Å². The Bertz CT molecular complexity index is 665. The Morgan fingerprint density at radius 3 is 2.08 bits per heavy atom. The summed E-state index contributed by atoms with van der Waals surface area (Å²) in [5, 5.41) is 0. The van der Waals surface area contributed by atoms with E-state index in [4.69, 9.17) is 18.9 Å². The molecule has 26 heavy (non-hydrogen) atoms. The molecule has 0 aliphatic carbocycles. The maximum absolute atomic E-state index is 5.83. The number of ether oxygens (including phenoxy) is 4. The molecule has 2 rings (SSSR count). The largest absolute Gasteiger partial charge is 0.496 e. The molecular formula is C22H32O4. The molecule has 0 aromatic heterocycles. The maximum Gasteiger partial charge on any atom is 0.230 e. The molecule has 4 heteroatoms. The number of methoxy groups -OCH3 is 2. The highest BCUT2D eigenvalue weighted by Crippen LogP contribution is 2.35. The van der Waals surface area contributed by atoms with Crippen molar-refractivity contribution in [2.24, 2.45) is 0 Å². The first-order valence-electron chi connectivity index (χ1n) is 9.20.